The molecule has 7 fully saturated rings. The summed E-state index contributed by atoms with van der Waals surface area (Å²) in [5.74, 6) is 0. The van der Waals surface area contributed by atoms with E-state index >= 15 is 0 Å². The quantitative estimate of drug-likeness (QED) is 0.413. The zero-order valence-electron chi connectivity index (χ0n) is 20.8. The Morgan fingerprint density at radius 3 is 1.00 bits per heavy atom. The zero-order valence-corrected chi connectivity index (χ0v) is 22.8. The minimum atomic E-state index is -2.48. The molecule has 12 heteroatoms. The number of hydrogen-bond acceptors (Lipinski definition) is 10. The summed E-state index contributed by atoms with van der Waals surface area (Å²) in [4.78, 5) is 9.92. The van der Waals surface area contributed by atoms with Crippen LogP contribution >= 0.6 is 0 Å². The summed E-state index contributed by atoms with van der Waals surface area (Å²) in [6.45, 7) is 17.3. The molecular formula is C22H44N4O6Si2. The molecule has 7 aliphatic rings. The highest BCUT2D eigenvalue weighted by Crippen LogP contribution is 2.24. The molecule has 0 aromatic heterocycles. The summed E-state index contributed by atoms with van der Waals surface area (Å²) in [7, 11) is -4.95. The summed E-state index contributed by atoms with van der Waals surface area (Å²) in [6, 6.07) is 1.88. The molecule has 0 N–H and O–H groups in total. The minimum absolute atomic E-state index is 0.745. The standard InChI is InChI=1S/C22H44N4O6Si2/c1(21-33-27-15-9-25(10-16-28-33)11-17-29-33)3-23-5-7-24(8-6-23)4-2-22-34-30-18-12-26(13-19-31-34)14-20-32-34/h1-22H2. The Morgan fingerprint density at radius 2 is 0.706 bits per heavy atom. The van der Waals surface area contributed by atoms with Gasteiger partial charge in [0, 0.05) is 77.5 Å². The number of nitrogens with zero attached hydrogens (tertiary/aromatic N) is 4. The van der Waals surface area contributed by atoms with Gasteiger partial charge in [-0.25, -0.2) is 0 Å². The van der Waals surface area contributed by atoms with Crippen molar-refractivity contribution in [2.75, 3.05) is 118 Å². The monoisotopic (exact) mass is 516 g/mol. The van der Waals surface area contributed by atoms with E-state index in [0.29, 0.717) is 0 Å². The number of hydrogen-bond donors (Lipinski definition) is 0. The van der Waals surface area contributed by atoms with E-state index in [1.165, 1.54) is 0 Å². The van der Waals surface area contributed by atoms with Gasteiger partial charge in [-0.3, -0.25) is 9.80 Å². The fraction of sp³-hybridized carbons (Fsp3) is 1.00. The zero-order chi connectivity index (χ0) is 23.1. The second-order valence-corrected chi connectivity index (χ2v) is 15.5. The molecule has 0 radical (unpaired) electrons. The summed E-state index contributed by atoms with van der Waals surface area (Å²) in [6.07, 6.45) is 2.18. The Kier molecular flexibility index (Phi) is 9.45. The second-order valence-electron chi connectivity index (χ2n) is 10.0. The van der Waals surface area contributed by atoms with E-state index in [4.69, 9.17) is 26.6 Å². The van der Waals surface area contributed by atoms with Crippen LogP contribution in [0.5, 0.6) is 0 Å². The van der Waals surface area contributed by atoms with Crippen LogP contribution in [0.4, 0.5) is 0 Å². The molecule has 0 aromatic carbocycles. The molecule has 7 saturated heterocycles. The summed E-state index contributed by atoms with van der Waals surface area (Å²) in [5.41, 5.74) is 0. The van der Waals surface area contributed by atoms with E-state index in [9.17, 15) is 0 Å². The first kappa shape index (κ1) is 25.7. The van der Waals surface area contributed by atoms with Crippen LogP contribution in [0.1, 0.15) is 12.8 Å². The molecule has 4 bridgehead atoms. The van der Waals surface area contributed by atoms with Crippen molar-refractivity contribution in [1.29, 1.82) is 0 Å². The molecular weight excluding hydrogens is 472 g/mol. The molecule has 0 saturated carbocycles. The Balaban J connectivity index is 0.985. The highest BCUT2D eigenvalue weighted by Gasteiger charge is 2.44. The fourth-order valence-electron chi connectivity index (χ4n) is 5.61. The van der Waals surface area contributed by atoms with E-state index in [1.54, 1.807) is 0 Å². The van der Waals surface area contributed by atoms with Crippen LogP contribution in [-0.2, 0) is 26.6 Å². The molecule has 0 spiro atoms. The second kappa shape index (κ2) is 12.5. The van der Waals surface area contributed by atoms with Gasteiger partial charge in [-0.15, -0.1) is 0 Å². The van der Waals surface area contributed by atoms with E-state index in [-0.39, 0.29) is 0 Å². The Morgan fingerprint density at radius 1 is 0.412 bits per heavy atom. The third-order valence-corrected chi connectivity index (χ3v) is 13.6. The van der Waals surface area contributed by atoms with Gasteiger partial charge in [-0.2, -0.15) is 0 Å². The lowest BCUT2D eigenvalue weighted by Gasteiger charge is -2.39. The third-order valence-electron chi connectivity index (χ3n) is 7.76. The smallest absolute Gasteiger partial charge is 0.372 e. The first-order valence-corrected chi connectivity index (χ1v) is 17.3. The molecule has 196 valence electrons. The van der Waals surface area contributed by atoms with Gasteiger partial charge in [0.25, 0.3) is 0 Å². The topological polar surface area (TPSA) is 68.3 Å². The normalized spacial score (nSPS) is 38.5. The molecule has 0 atom stereocenters. The lowest BCUT2D eigenvalue weighted by atomic mass is 10.3. The SMILES string of the molecule is C(CN1CCN(CCC[Si]23OCCN(CCO2)CCO3)CC1)C[Si]12OCCN(CCO1)CCO2. The average molecular weight is 517 g/mol. The van der Waals surface area contributed by atoms with Crippen molar-refractivity contribution in [2.24, 2.45) is 0 Å². The van der Waals surface area contributed by atoms with Crippen LogP contribution in [0.3, 0.4) is 0 Å². The van der Waals surface area contributed by atoms with Gasteiger partial charge in [-0.1, -0.05) is 0 Å². The maximum absolute atomic E-state index is 6.18. The average Bonchev–Trinajstić information content (AvgIpc) is 2.75. The number of fused-ring (bicyclic) bond motifs is 12. The molecule has 0 unspecified atom stereocenters. The molecule has 7 rings (SSSR count). The summed E-state index contributed by atoms with van der Waals surface area (Å²) < 4.78 is 37.1. The van der Waals surface area contributed by atoms with Crippen molar-refractivity contribution in [2.45, 2.75) is 24.9 Å². The van der Waals surface area contributed by atoms with Crippen LogP contribution < -0.4 is 0 Å². The summed E-state index contributed by atoms with van der Waals surface area (Å²) in [5, 5.41) is 0. The van der Waals surface area contributed by atoms with Crippen molar-refractivity contribution in [3.63, 3.8) is 0 Å². The fourth-order valence-corrected chi connectivity index (χ4v) is 10.6. The van der Waals surface area contributed by atoms with E-state index in [2.05, 4.69) is 19.6 Å². The molecule has 34 heavy (non-hydrogen) atoms. The largest absolute Gasteiger partial charge is 0.501 e. The maximum atomic E-state index is 6.18. The van der Waals surface area contributed by atoms with Gasteiger partial charge in [0.2, 0.25) is 0 Å². The van der Waals surface area contributed by atoms with Crippen LogP contribution in [-0.4, -0.2) is 155 Å². The Labute approximate surface area is 207 Å². The predicted molar refractivity (Wildman–Crippen MR) is 132 cm³/mol. The Bertz CT molecular complexity index is 525. The lowest BCUT2D eigenvalue weighted by Crippen LogP contribution is -2.55. The number of rotatable bonds is 8. The highest BCUT2D eigenvalue weighted by molar-refractivity contribution is 6.61. The highest BCUT2D eigenvalue weighted by atomic mass is 28.4. The molecule has 0 aliphatic carbocycles. The third kappa shape index (κ3) is 7.08. The van der Waals surface area contributed by atoms with E-state index in [1.807, 2.05) is 0 Å². The first-order valence-electron chi connectivity index (χ1n) is 13.5. The van der Waals surface area contributed by atoms with Gasteiger partial charge < -0.3 is 36.4 Å². The van der Waals surface area contributed by atoms with Crippen molar-refractivity contribution in [3.05, 3.63) is 0 Å². The van der Waals surface area contributed by atoms with Gasteiger partial charge >= 0.3 is 17.6 Å². The minimum Gasteiger partial charge on any atom is -0.372 e. The van der Waals surface area contributed by atoms with Crippen LogP contribution in [0.25, 0.3) is 0 Å². The van der Waals surface area contributed by atoms with Crippen LogP contribution in [0, 0.1) is 0 Å². The molecule has 7 aliphatic heterocycles. The van der Waals surface area contributed by atoms with Crippen molar-refractivity contribution < 1.29 is 26.6 Å². The van der Waals surface area contributed by atoms with Gasteiger partial charge in [0.1, 0.15) is 0 Å². The van der Waals surface area contributed by atoms with Crippen molar-refractivity contribution in [3.8, 4) is 0 Å². The van der Waals surface area contributed by atoms with E-state index < -0.39 is 17.6 Å². The van der Waals surface area contributed by atoms with Gasteiger partial charge in [0.15, 0.2) is 0 Å². The molecule has 7 heterocycles. The first-order chi connectivity index (χ1) is 16.7. The lowest BCUT2D eigenvalue weighted by molar-refractivity contribution is -0.00990. The number of piperazine rings is 1. The molecule has 0 amide bonds. The maximum Gasteiger partial charge on any atom is 0.501 e. The van der Waals surface area contributed by atoms with Crippen molar-refractivity contribution in [1.82, 2.24) is 19.6 Å². The summed E-state index contributed by atoms with van der Waals surface area (Å²) >= 11 is 0. The van der Waals surface area contributed by atoms with E-state index in [0.717, 1.165) is 143 Å². The molecule has 10 nitrogen and oxygen atoms in total. The van der Waals surface area contributed by atoms with Gasteiger partial charge in [0.05, 0.1) is 39.6 Å². The van der Waals surface area contributed by atoms with Gasteiger partial charge in [-0.05, 0) is 25.9 Å². The van der Waals surface area contributed by atoms with Crippen LogP contribution in [0.15, 0.2) is 0 Å². The predicted octanol–water partition coefficient (Wildman–Crippen LogP) is 0.0200. The van der Waals surface area contributed by atoms with Crippen LogP contribution in [0.2, 0.25) is 12.1 Å². The Hall–Kier alpha value is 0.0338. The van der Waals surface area contributed by atoms with Crippen molar-refractivity contribution >= 4 is 17.6 Å². The molecule has 0 aromatic rings.